The van der Waals surface area contributed by atoms with Crippen molar-refractivity contribution in [1.29, 1.82) is 0 Å². The van der Waals surface area contributed by atoms with Crippen LogP contribution in [0.2, 0.25) is 0 Å². The third kappa shape index (κ3) is 4.08. The average molecular weight is 458 g/mol. The highest BCUT2D eigenvalue weighted by Crippen LogP contribution is 2.29. The molecular weight excluding hydrogens is 437 g/mol. The summed E-state index contributed by atoms with van der Waals surface area (Å²) in [5, 5.41) is 3.44. The van der Waals surface area contributed by atoms with Crippen molar-refractivity contribution < 1.29 is 0 Å². The van der Waals surface area contributed by atoms with Crippen molar-refractivity contribution in [2.75, 3.05) is 7.05 Å². The number of halogens is 2. The Bertz CT molecular complexity index is 595. The van der Waals surface area contributed by atoms with Gasteiger partial charge in [-0.05, 0) is 76.9 Å². The van der Waals surface area contributed by atoms with Gasteiger partial charge in [-0.2, -0.15) is 0 Å². The summed E-state index contributed by atoms with van der Waals surface area (Å²) in [5.41, 5.74) is 4.03. The molecule has 0 aromatic heterocycles. The molecule has 0 fully saturated rings. The van der Waals surface area contributed by atoms with Crippen molar-refractivity contribution >= 4 is 38.5 Å². The number of nitrogens with one attached hydrogen (secondary N) is 1. The Labute approximate surface area is 149 Å². The zero-order chi connectivity index (χ0) is 15.4. The quantitative estimate of drug-likeness (QED) is 0.553. The lowest BCUT2D eigenvalue weighted by atomic mass is 9.94. The third-order valence-electron chi connectivity index (χ3n) is 4.01. The summed E-state index contributed by atoms with van der Waals surface area (Å²) in [4.78, 5) is 0. The molecule has 0 bridgehead atoms. The van der Waals surface area contributed by atoms with Gasteiger partial charge in [0.25, 0.3) is 0 Å². The predicted molar refractivity (Wildman–Crippen MR) is 103 cm³/mol. The van der Waals surface area contributed by atoms with E-state index in [0.29, 0.717) is 5.92 Å². The molecule has 0 saturated carbocycles. The van der Waals surface area contributed by atoms with E-state index in [2.05, 4.69) is 100 Å². The lowest BCUT2D eigenvalue weighted by Crippen LogP contribution is -2.18. The first-order chi connectivity index (χ1) is 10.1. The van der Waals surface area contributed by atoms with Crippen molar-refractivity contribution in [3.63, 3.8) is 0 Å². The molecule has 0 saturated heterocycles. The summed E-state index contributed by atoms with van der Waals surface area (Å²) in [7, 11) is 2.02. The van der Waals surface area contributed by atoms with Crippen LogP contribution in [0.4, 0.5) is 0 Å². The maximum absolute atomic E-state index is 3.58. The van der Waals surface area contributed by atoms with Crippen LogP contribution in [0.15, 0.2) is 46.9 Å². The summed E-state index contributed by atoms with van der Waals surface area (Å²) in [6.45, 7) is 4.51. The van der Waals surface area contributed by atoms with Gasteiger partial charge in [0.1, 0.15) is 0 Å². The van der Waals surface area contributed by atoms with Crippen molar-refractivity contribution in [2.45, 2.75) is 32.2 Å². The number of rotatable bonds is 5. The molecule has 0 aliphatic rings. The predicted octanol–water partition coefficient (Wildman–Crippen LogP) is 5.88. The minimum atomic E-state index is 0.223. The fraction of sp³-hybridized carbons (Fsp3) is 0.333. The van der Waals surface area contributed by atoms with Gasteiger partial charge in [-0.15, -0.1) is 0 Å². The van der Waals surface area contributed by atoms with Gasteiger partial charge < -0.3 is 5.32 Å². The molecule has 0 amide bonds. The highest BCUT2D eigenvalue weighted by Gasteiger charge is 2.15. The van der Waals surface area contributed by atoms with Gasteiger partial charge in [0.05, 0.1) is 6.04 Å². The summed E-state index contributed by atoms with van der Waals surface area (Å²) in [6, 6.07) is 15.7. The van der Waals surface area contributed by atoms with Crippen molar-refractivity contribution in [1.82, 2.24) is 5.32 Å². The van der Waals surface area contributed by atoms with Gasteiger partial charge in [-0.25, -0.2) is 0 Å². The second-order valence-corrected chi connectivity index (χ2v) is 7.44. The Morgan fingerprint density at radius 1 is 1.10 bits per heavy atom. The van der Waals surface area contributed by atoms with Crippen LogP contribution >= 0.6 is 38.5 Å². The first kappa shape index (κ1) is 17.0. The standard InChI is InChI=1S/C18H21BrIN/c1-4-12(2)13-5-7-14(8-6-13)18(21-3)16-11-15(19)9-10-17(16)20/h5-12,18,21H,4H2,1-3H3. The largest absolute Gasteiger partial charge is 0.309 e. The van der Waals surface area contributed by atoms with Crippen LogP contribution in [0.1, 0.15) is 48.9 Å². The summed E-state index contributed by atoms with van der Waals surface area (Å²) < 4.78 is 2.40. The molecule has 1 nitrogen and oxygen atoms in total. The average Bonchev–Trinajstić information content (AvgIpc) is 2.51. The van der Waals surface area contributed by atoms with Crippen LogP contribution < -0.4 is 5.32 Å². The monoisotopic (exact) mass is 457 g/mol. The SMILES string of the molecule is CCC(C)c1ccc(C(NC)c2cc(Br)ccc2I)cc1. The summed E-state index contributed by atoms with van der Waals surface area (Å²) in [6.07, 6.45) is 1.18. The molecule has 21 heavy (non-hydrogen) atoms. The van der Waals surface area contributed by atoms with Crippen LogP contribution in [0, 0.1) is 3.57 Å². The zero-order valence-corrected chi connectivity index (χ0v) is 16.4. The molecule has 0 aliphatic carbocycles. The molecule has 1 N–H and O–H groups in total. The molecule has 0 heterocycles. The van der Waals surface area contributed by atoms with E-state index in [-0.39, 0.29) is 6.04 Å². The number of hydrogen-bond acceptors (Lipinski definition) is 1. The van der Waals surface area contributed by atoms with Crippen LogP contribution in [0.25, 0.3) is 0 Å². The second kappa shape index (κ2) is 7.75. The maximum atomic E-state index is 3.58. The molecule has 0 spiro atoms. The lowest BCUT2D eigenvalue weighted by molar-refractivity contribution is 0.685. The van der Waals surface area contributed by atoms with E-state index in [1.54, 1.807) is 0 Å². The van der Waals surface area contributed by atoms with E-state index in [1.165, 1.54) is 26.7 Å². The Morgan fingerprint density at radius 3 is 2.29 bits per heavy atom. The Hall–Kier alpha value is -0.390. The topological polar surface area (TPSA) is 12.0 Å². The fourth-order valence-corrected chi connectivity index (χ4v) is 3.52. The third-order valence-corrected chi connectivity index (χ3v) is 5.48. The summed E-state index contributed by atoms with van der Waals surface area (Å²) >= 11 is 5.98. The molecule has 2 aromatic carbocycles. The van der Waals surface area contributed by atoms with Gasteiger partial charge in [-0.3, -0.25) is 0 Å². The first-order valence-electron chi connectivity index (χ1n) is 7.28. The maximum Gasteiger partial charge on any atom is 0.0585 e. The normalized spacial score (nSPS) is 14.0. The van der Waals surface area contributed by atoms with E-state index < -0.39 is 0 Å². The molecule has 2 aromatic rings. The van der Waals surface area contributed by atoms with E-state index >= 15 is 0 Å². The number of benzene rings is 2. The fourth-order valence-electron chi connectivity index (χ4n) is 2.49. The summed E-state index contributed by atoms with van der Waals surface area (Å²) in [5.74, 6) is 0.623. The van der Waals surface area contributed by atoms with E-state index in [1.807, 2.05) is 7.05 Å². The highest BCUT2D eigenvalue weighted by atomic mass is 127. The molecule has 2 rings (SSSR count). The minimum absolute atomic E-state index is 0.223. The zero-order valence-electron chi connectivity index (χ0n) is 12.7. The van der Waals surface area contributed by atoms with Crippen LogP contribution in [-0.4, -0.2) is 7.05 Å². The van der Waals surface area contributed by atoms with Gasteiger partial charge >= 0.3 is 0 Å². The molecule has 2 atom stereocenters. The van der Waals surface area contributed by atoms with Crippen LogP contribution in [0.3, 0.4) is 0 Å². The van der Waals surface area contributed by atoms with E-state index in [0.717, 1.165) is 4.47 Å². The molecule has 3 heteroatoms. The Balaban J connectivity index is 2.35. The van der Waals surface area contributed by atoms with Gasteiger partial charge in [0.2, 0.25) is 0 Å². The smallest absolute Gasteiger partial charge is 0.0585 e. The first-order valence-corrected chi connectivity index (χ1v) is 9.16. The molecule has 0 aliphatic heterocycles. The highest BCUT2D eigenvalue weighted by molar-refractivity contribution is 14.1. The van der Waals surface area contributed by atoms with Crippen LogP contribution in [-0.2, 0) is 0 Å². The second-order valence-electron chi connectivity index (χ2n) is 5.36. The minimum Gasteiger partial charge on any atom is -0.309 e. The van der Waals surface area contributed by atoms with Gasteiger partial charge in [-0.1, -0.05) is 54.0 Å². The molecule has 112 valence electrons. The van der Waals surface area contributed by atoms with Crippen molar-refractivity contribution in [3.8, 4) is 0 Å². The lowest BCUT2D eigenvalue weighted by Gasteiger charge is -2.20. The van der Waals surface area contributed by atoms with E-state index in [9.17, 15) is 0 Å². The Kier molecular flexibility index (Phi) is 6.26. The molecular formula is C18H21BrIN. The molecule has 0 radical (unpaired) electrons. The van der Waals surface area contributed by atoms with Crippen molar-refractivity contribution in [3.05, 3.63) is 67.2 Å². The molecule has 2 unspecified atom stereocenters. The van der Waals surface area contributed by atoms with E-state index in [4.69, 9.17) is 0 Å². The Morgan fingerprint density at radius 2 is 1.71 bits per heavy atom. The van der Waals surface area contributed by atoms with Crippen molar-refractivity contribution in [2.24, 2.45) is 0 Å². The number of hydrogen-bond donors (Lipinski definition) is 1. The van der Waals surface area contributed by atoms with Gasteiger partial charge in [0.15, 0.2) is 0 Å². The van der Waals surface area contributed by atoms with Crippen LogP contribution in [0.5, 0.6) is 0 Å². The van der Waals surface area contributed by atoms with Gasteiger partial charge in [0, 0.05) is 8.04 Å².